The fraction of sp³-hybridized carbons (Fsp3) is 1.00. The van der Waals surface area contributed by atoms with E-state index in [4.69, 9.17) is 0 Å². The first-order valence-electron chi connectivity index (χ1n) is 7.20. The van der Waals surface area contributed by atoms with E-state index in [0.717, 1.165) is 12.0 Å². The Bertz CT molecular complexity index is 219. The van der Waals surface area contributed by atoms with Crippen LogP contribution in [-0.2, 0) is 0 Å². The molecule has 2 nitrogen and oxygen atoms in total. The van der Waals surface area contributed by atoms with Gasteiger partial charge in [0.2, 0.25) is 0 Å². The van der Waals surface area contributed by atoms with Crippen LogP contribution in [0.2, 0.25) is 0 Å². The molecule has 2 saturated heterocycles. The van der Waals surface area contributed by atoms with E-state index < -0.39 is 0 Å². The first kappa shape index (κ1) is 12.4. The standard InChI is InChI=1S/C14H28N2/c1-4-16-11-7-8-13(16)14(12(2)3)9-5-6-10-15-14/h12-13,15H,4-11H2,1-3H3. The third kappa shape index (κ3) is 2.02. The quantitative estimate of drug-likeness (QED) is 0.793. The zero-order chi connectivity index (χ0) is 11.6. The van der Waals surface area contributed by atoms with Gasteiger partial charge in [0.1, 0.15) is 0 Å². The van der Waals surface area contributed by atoms with Crippen LogP contribution in [0.1, 0.15) is 52.9 Å². The SMILES string of the molecule is CCN1CCCC1C1(C(C)C)CCCCN1. The van der Waals surface area contributed by atoms with Crippen molar-refractivity contribution in [3.05, 3.63) is 0 Å². The second-order valence-corrected chi connectivity index (χ2v) is 5.87. The lowest BCUT2D eigenvalue weighted by atomic mass is 9.73. The second-order valence-electron chi connectivity index (χ2n) is 5.87. The highest BCUT2D eigenvalue weighted by Crippen LogP contribution is 2.37. The van der Waals surface area contributed by atoms with Gasteiger partial charge in [-0.3, -0.25) is 4.90 Å². The smallest absolute Gasteiger partial charge is 0.0360 e. The molecule has 0 radical (unpaired) electrons. The van der Waals surface area contributed by atoms with Crippen LogP contribution in [0.15, 0.2) is 0 Å². The Morgan fingerprint density at radius 1 is 1.31 bits per heavy atom. The van der Waals surface area contributed by atoms with Crippen molar-refractivity contribution in [3.8, 4) is 0 Å². The third-order valence-electron chi connectivity index (χ3n) is 4.87. The van der Waals surface area contributed by atoms with Gasteiger partial charge >= 0.3 is 0 Å². The Hall–Kier alpha value is -0.0800. The summed E-state index contributed by atoms with van der Waals surface area (Å²) in [5, 5.41) is 3.90. The minimum atomic E-state index is 0.408. The van der Waals surface area contributed by atoms with Gasteiger partial charge in [-0.1, -0.05) is 27.2 Å². The summed E-state index contributed by atoms with van der Waals surface area (Å²) in [6, 6.07) is 0.790. The van der Waals surface area contributed by atoms with Crippen molar-refractivity contribution in [2.24, 2.45) is 5.92 Å². The Morgan fingerprint density at radius 3 is 2.69 bits per heavy atom. The Morgan fingerprint density at radius 2 is 2.12 bits per heavy atom. The van der Waals surface area contributed by atoms with Crippen molar-refractivity contribution in [1.82, 2.24) is 10.2 Å². The molecular weight excluding hydrogens is 196 g/mol. The van der Waals surface area contributed by atoms with Crippen LogP contribution in [0, 0.1) is 5.92 Å². The fourth-order valence-electron chi connectivity index (χ4n) is 3.90. The van der Waals surface area contributed by atoms with Crippen LogP contribution in [0.5, 0.6) is 0 Å². The molecule has 0 amide bonds. The number of nitrogens with zero attached hydrogens (tertiary/aromatic N) is 1. The maximum atomic E-state index is 3.90. The van der Waals surface area contributed by atoms with Crippen molar-refractivity contribution in [2.45, 2.75) is 64.5 Å². The Balaban J connectivity index is 2.17. The van der Waals surface area contributed by atoms with Gasteiger partial charge in [-0.25, -0.2) is 0 Å². The number of hydrogen-bond donors (Lipinski definition) is 1. The molecule has 2 atom stereocenters. The number of nitrogens with one attached hydrogen (secondary N) is 1. The summed E-state index contributed by atoms with van der Waals surface area (Å²) in [6.07, 6.45) is 6.96. The fourth-order valence-corrected chi connectivity index (χ4v) is 3.90. The molecule has 94 valence electrons. The lowest BCUT2D eigenvalue weighted by molar-refractivity contribution is 0.0693. The van der Waals surface area contributed by atoms with E-state index in [-0.39, 0.29) is 0 Å². The summed E-state index contributed by atoms with van der Waals surface area (Å²) >= 11 is 0. The van der Waals surface area contributed by atoms with Gasteiger partial charge < -0.3 is 5.32 Å². The van der Waals surface area contributed by atoms with Crippen molar-refractivity contribution < 1.29 is 0 Å². The molecule has 2 aliphatic heterocycles. The van der Waals surface area contributed by atoms with E-state index in [9.17, 15) is 0 Å². The van der Waals surface area contributed by atoms with Gasteiger partial charge in [-0.2, -0.15) is 0 Å². The zero-order valence-electron chi connectivity index (χ0n) is 11.3. The molecule has 2 unspecified atom stereocenters. The predicted octanol–water partition coefficient (Wildman–Crippen LogP) is 2.64. The topological polar surface area (TPSA) is 15.3 Å². The molecule has 0 saturated carbocycles. The van der Waals surface area contributed by atoms with E-state index in [2.05, 4.69) is 31.0 Å². The molecule has 0 bridgehead atoms. The van der Waals surface area contributed by atoms with Crippen LogP contribution in [0.4, 0.5) is 0 Å². The van der Waals surface area contributed by atoms with E-state index in [0.29, 0.717) is 5.54 Å². The average molecular weight is 224 g/mol. The molecule has 0 aromatic heterocycles. The third-order valence-corrected chi connectivity index (χ3v) is 4.87. The molecule has 16 heavy (non-hydrogen) atoms. The molecule has 2 heteroatoms. The highest BCUT2D eigenvalue weighted by atomic mass is 15.2. The van der Waals surface area contributed by atoms with Gasteiger partial charge in [0.05, 0.1) is 0 Å². The number of likely N-dealkylation sites (N-methyl/N-ethyl adjacent to an activating group) is 1. The normalized spacial score (nSPS) is 37.1. The Labute approximate surface area is 101 Å². The maximum Gasteiger partial charge on any atom is 0.0360 e. The van der Waals surface area contributed by atoms with Gasteiger partial charge in [0, 0.05) is 11.6 Å². The summed E-state index contributed by atoms with van der Waals surface area (Å²) in [5.41, 5.74) is 0.408. The molecule has 2 aliphatic rings. The largest absolute Gasteiger partial charge is 0.310 e. The highest BCUT2D eigenvalue weighted by Gasteiger charge is 2.45. The van der Waals surface area contributed by atoms with Crippen LogP contribution < -0.4 is 5.32 Å². The van der Waals surface area contributed by atoms with Crippen LogP contribution in [0.3, 0.4) is 0 Å². The van der Waals surface area contributed by atoms with Crippen LogP contribution in [-0.4, -0.2) is 36.1 Å². The zero-order valence-corrected chi connectivity index (χ0v) is 11.3. The predicted molar refractivity (Wildman–Crippen MR) is 69.7 cm³/mol. The molecular formula is C14H28N2. The van der Waals surface area contributed by atoms with Gasteiger partial charge in [0.15, 0.2) is 0 Å². The van der Waals surface area contributed by atoms with Crippen LogP contribution >= 0.6 is 0 Å². The second kappa shape index (κ2) is 5.05. The lowest BCUT2D eigenvalue weighted by Gasteiger charge is -2.49. The monoisotopic (exact) mass is 224 g/mol. The minimum Gasteiger partial charge on any atom is -0.310 e. The summed E-state index contributed by atoms with van der Waals surface area (Å²) in [7, 11) is 0. The van der Waals surface area contributed by atoms with Crippen molar-refractivity contribution in [2.75, 3.05) is 19.6 Å². The lowest BCUT2D eigenvalue weighted by Crippen LogP contribution is -2.63. The van der Waals surface area contributed by atoms with Gasteiger partial charge in [0.25, 0.3) is 0 Å². The molecule has 0 aromatic carbocycles. The molecule has 0 aromatic rings. The van der Waals surface area contributed by atoms with Crippen molar-refractivity contribution in [1.29, 1.82) is 0 Å². The Kier molecular flexibility index (Phi) is 3.91. The average Bonchev–Trinajstić information content (AvgIpc) is 2.78. The molecule has 2 heterocycles. The minimum absolute atomic E-state index is 0.408. The van der Waals surface area contributed by atoms with Gasteiger partial charge in [-0.05, 0) is 51.2 Å². The number of likely N-dealkylation sites (tertiary alicyclic amines) is 1. The van der Waals surface area contributed by atoms with Crippen molar-refractivity contribution >= 4 is 0 Å². The first-order valence-corrected chi connectivity index (χ1v) is 7.20. The summed E-state index contributed by atoms with van der Waals surface area (Å²) in [5.74, 6) is 0.755. The van der Waals surface area contributed by atoms with Crippen molar-refractivity contribution in [3.63, 3.8) is 0 Å². The van der Waals surface area contributed by atoms with E-state index >= 15 is 0 Å². The number of rotatable bonds is 3. The molecule has 2 rings (SSSR count). The number of hydrogen-bond acceptors (Lipinski definition) is 2. The van der Waals surface area contributed by atoms with E-state index in [1.54, 1.807) is 0 Å². The molecule has 0 aliphatic carbocycles. The van der Waals surface area contributed by atoms with E-state index in [1.807, 2.05) is 0 Å². The highest BCUT2D eigenvalue weighted by molar-refractivity contribution is 5.05. The van der Waals surface area contributed by atoms with Crippen LogP contribution in [0.25, 0.3) is 0 Å². The molecule has 0 spiro atoms. The number of piperidine rings is 1. The maximum absolute atomic E-state index is 3.90. The summed E-state index contributed by atoms with van der Waals surface area (Å²) in [6.45, 7) is 10.9. The summed E-state index contributed by atoms with van der Waals surface area (Å²) in [4.78, 5) is 2.71. The summed E-state index contributed by atoms with van der Waals surface area (Å²) < 4.78 is 0. The van der Waals surface area contributed by atoms with Gasteiger partial charge in [-0.15, -0.1) is 0 Å². The molecule has 1 N–H and O–H groups in total. The molecule has 2 fully saturated rings. The first-order chi connectivity index (χ1) is 7.70. The van der Waals surface area contributed by atoms with E-state index in [1.165, 1.54) is 51.7 Å².